The number of ether oxygens (including phenoxy) is 1. The number of benzene rings is 3. The lowest BCUT2D eigenvalue weighted by Gasteiger charge is -2.21. The first kappa shape index (κ1) is 27.3. The second-order valence-corrected chi connectivity index (χ2v) is 9.00. The van der Waals surface area contributed by atoms with Crippen LogP contribution in [0, 0.1) is 6.92 Å². The van der Waals surface area contributed by atoms with E-state index < -0.39 is 5.97 Å². The Morgan fingerprint density at radius 2 is 1.78 bits per heavy atom. The van der Waals surface area contributed by atoms with Gasteiger partial charge in [-0.25, -0.2) is 4.79 Å². The number of aryl methyl sites for hydroxylation is 1. The number of methoxy groups -OCH3 is 1. The molecular weight excluding hydrogens is 470 g/mol. The van der Waals surface area contributed by atoms with Crippen LogP contribution in [-0.2, 0) is 16.0 Å². The highest BCUT2D eigenvalue weighted by atomic mass is 16.5. The number of carbonyl (C=O) groups excluding carboxylic acids is 2. The second-order valence-electron chi connectivity index (χ2n) is 9.00. The Kier molecular flexibility index (Phi) is 9.27. The van der Waals surface area contributed by atoms with E-state index in [1.807, 2.05) is 62.4 Å². The van der Waals surface area contributed by atoms with E-state index in [0.29, 0.717) is 11.4 Å². The number of nitrogens with one attached hydrogen (secondary N) is 2. The van der Waals surface area contributed by atoms with Crippen LogP contribution < -0.4 is 20.3 Å². The third-order valence-corrected chi connectivity index (χ3v) is 6.12. The molecule has 1 atom stereocenters. The molecule has 0 radical (unpaired) electrons. The quantitative estimate of drug-likeness (QED) is 0.320. The van der Waals surface area contributed by atoms with Crippen LogP contribution in [0.4, 0.5) is 21.9 Å². The largest absolute Gasteiger partial charge is 0.495 e. The van der Waals surface area contributed by atoms with Crippen molar-refractivity contribution in [1.82, 2.24) is 0 Å². The van der Waals surface area contributed by atoms with E-state index in [4.69, 9.17) is 9.84 Å². The van der Waals surface area contributed by atoms with Gasteiger partial charge in [-0.3, -0.25) is 14.5 Å². The lowest BCUT2D eigenvalue weighted by molar-refractivity contribution is -0.137. The van der Waals surface area contributed by atoms with Crippen LogP contribution >= 0.6 is 0 Å². The van der Waals surface area contributed by atoms with E-state index in [2.05, 4.69) is 10.6 Å². The van der Waals surface area contributed by atoms with E-state index in [-0.39, 0.29) is 37.1 Å². The van der Waals surface area contributed by atoms with Gasteiger partial charge < -0.3 is 20.5 Å². The van der Waals surface area contributed by atoms with Crippen LogP contribution in [0.3, 0.4) is 0 Å². The summed E-state index contributed by atoms with van der Waals surface area (Å²) in [6.45, 7) is 3.93. The number of para-hydroxylation sites is 1. The molecule has 0 aromatic heterocycles. The number of anilines is 3. The first-order valence-electron chi connectivity index (χ1n) is 12.0. The van der Waals surface area contributed by atoms with E-state index in [9.17, 15) is 14.4 Å². The summed E-state index contributed by atoms with van der Waals surface area (Å²) in [6, 6.07) is 20.0. The van der Waals surface area contributed by atoms with Gasteiger partial charge in [0, 0.05) is 24.8 Å². The van der Waals surface area contributed by atoms with Gasteiger partial charge in [-0.05, 0) is 59.9 Å². The van der Waals surface area contributed by atoms with Gasteiger partial charge in [0.15, 0.2) is 5.78 Å². The number of Topliss-reactive ketones (excluding diaryl/α,β-unsaturated/α-hetero) is 1. The van der Waals surface area contributed by atoms with Crippen LogP contribution in [0.5, 0.6) is 5.75 Å². The summed E-state index contributed by atoms with van der Waals surface area (Å²) < 4.78 is 5.47. The zero-order chi connectivity index (χ0) is 26.9. The van der Waals surface area contributed by atoms with E-state index in [1.165, 1.54) is 12.0 Å². The van der Waals surface area contributed by atoms with Crippen molar-refractivity contribution >= 4 is 34.8 Å². The molecule has 0 fully saturated rings. The van der Waals surface area contributed by atoms with Crippen molar-refractivity contribution in [1.29, 1.82) is 0 Å². The zero-order valence-corrected chi connectivity index (χ0v) is 21.6. The number of ketones is 1. The molecule has 3 rings (SSSR count). The summed E-state index contributed by atoms with van der Waals surface area (Å²) >= 11 is 0. The van der Waals surface area contributed by atoms with Crippen molar-refractivity contribution in [3.8, 4) is 5.75 Å². The average molecular weight is 504 g/mol. The molecule has 0 aliphatic heterocycles. The molecule has 2 amide bonds. The Balaban J connectivity index is 1.60. The number of amides is 2. The minimum Gasteiger partial charge on any atom is -0.495 e. The predicted molar refractivity (Wildman–Crippen MR) is 146 cm³/mol. The summed E-state index contributed by atoms with van der Waals surface area (Å²) in [6.07, 6.45) is 0.235. The van der Waals surface area contributed by atoms with Gasteiger partial charge >= 0.3 is 12.0 Å². The van der Waals surface area contributed by atoms with Gasteiger partial charge in [0.1, 0.15) is 5.75 Å². The number of carboxylic acids is 1. The topological polar surface area (TPSA) is 108 Å². The van der Waals surface area contributed by atoms with Crippen molar-refractivity contribution in [2.24, 2.45) is 0 Å². The summed E-state index contributed by atoms with van der Waals surface area (Å²) in [7, 11) is 3.22. The lowest BCUT2D eigenvalue weighted by atomic mass is 9.97. The number of carbonyl (C=O) groups is 3. The van der Waals surface area contributed by atoms with Crippen LogP contribution in [0.25, 0.3) is 0 Å². The standard InChI is InChI=1S/C29H33N3O5/c1-19-8-5-6-11-26(19)32(3)29(36)31-25-13-12-21(16-27(25)37-4)15-24(33)18-30-23-10-7-9-22(17-23)20(2)14-28(34)35/h5-13,16-17,20,30H,14-15,18H2,1-4H3,(H,31,36)(H,34,35). The molecule has 0 heterocycles. The molecular formula is C29H33N3O5. The molecule has 8 heteroatoms. The highest BCUT2D eigenvalue weighted by Crippen LogP contribution is 2.27. The number of hydrogen-bond acceptors (Lipinski definition) is 5. The van der Waals surface area contributed by atoms with Crippen LogP contribution in [0.2, 0.25) is 0 Å². The molecule has 1 unspecified atom stereocenters. The Morgan fingerprint density at radius 3 is 2.49 bits per heavy atom. The Labute approximate surface area is 217 Å². The fraction of sp³-hybridized carbons (Fsp3) is 0.276. The number of carboxylic acid groups (broad SMARTS) is 1. The molecule has 37 heavy (non-hydrogen) atoms. The first-order valence-corrected chi connectivity index (χ1v) is 12.0. The molecule has 0 saturated heterocycles. The monoisotopic (exact) mass is 503 g/mol. The molecule has 0 bridgehead atoms. The van der Waals surface area contributed by atoms with Gasteiger partial charge in [0.2, 0.25) is 0 Å². The number of urea groups is 1. The van der Waals surface area contributed by atoms with Crippen molar-refractivity contribution in [2.75, 3.05) is 36.2 Å². The van der Waals surface area contributed by atoms with Crippen molar-refractivity contribution in [3.05, 3.63) is 83.4 Å². The normalized spacial score (nSPS) is 11.4. The first-order chi connectivity index (χ1) is 17.7. The molecule has 3 aromatic carbocycles. The molecule has 0 aliphatic carbocycles. The van der Waals surface area contributed by atoms with Crippen LogP contribution in [0.1, 0.15) is 36.0 Å². The van der Waals surface area contributed by atoms with Crippen molar-refractivity contribution < 1.29 is 24.2 Å². The predicted octanol–water partition coefficient (Wildman–Crippen LogP) is 5.47. The maximum absolute atomic E-state index is 12.8. The Bertz CT molecular complexity index is 1270. The van der Waals surface area contributed by atoms with Gasteiger partial charge in [0.05, 0.1) is 25.8 Å². The Hall–Kier alpha value is -4.33. The molecule has 3 N–H and O–H groups in total. The number of rotatable bonds is 11. The van der Waals surface area contributed by atoms with Gasteiger partial charge in [0.25, 0.3) is 0 Å². The SMILES string of the molecule is COc1cc(CC(=O)CNc2cccc(C(C)CC(=O)O)c2)ccc1NC(=O)N(C)c1ccccc1C. The van der Waals surface area contributed by atoms with E-state index >= 15 is 0 Å². The van der Waals surface area contributed by atoms with Gasteiger partial charge in [-0.15, -0.1) is 0 Å². The van der Waals surface area contributed by atoms with E-state index in [1.54, 1.807) is 25.2 Å². The Morgan fingerprint density at radius 1 is 1.03 bits per heavy atom. The van der Waals surface area contributed by atoms with Crippen molar-refractivity contribution in [3.63, 3.8) is 0 Å². The van der Waals surface area contributed by atoms with Crippen LogP contribution in [-0.4, -0.2) is 43.6 Å². The van der Waals surface area contributed by atoms with Crippen molar-refractivity contribution in [2.45, 2.75) is 32.6 Å². The molecule has 0 saturated carbocycles. The minimum absolute atomic E-state index is 0.0258. The third-order valence-electron chi connectivity index (χ3n) is 6.12. The highest BCUT2D eigenvalue weighted by Gasteiger charge is 2.16. The summed E-state index contributed by atoms with van der Waals surface area (Å²) in [5, 5.41) is 15.0. The number of nitrogens with zero attached hydrogens (tertiary/aromatic N) is 1. The summed E-state index contributed by atoms with van der Waals surface area (Å²) in [5.41, 5.74) is 4.71. The highest BCUT2D eigenvalue weighted by molar-refractivity contribution is 6.02. The zero-order valence-electron chi connectivity index (χ0n) is 21.6. The maximum Gasteiger partial charge on any atom is 0.326 e. The molecule has 194 valence electrons. The number of aliphatic carboxylic acids is 1. The minimum atomic E-state index is -0.847. The summed E-state index contributed by atoms with van der Waals surface area (Å²) in [5.74, 6) is -0.537. The maximum atomic E-state index is 12.8. The fourth-order valence-corrected chi connectivity index (χ4v) is 4.02. The second kappa shape index (κ2) is 12.6. The van der Waals surface area contributed by atoms with E-state index in [0.717, 1.165) is 28.1 Å². The van der Waals surface area contributed by atoms with Gasteiger partial charge in [-0.1, -0.05) is 43.3 Å². The lowest BCUT2D eigenvalue weighted by Crippen LogP contribution is -2.31. The smallest absolute Gasteiger partial charge is 0.326 e. The molecule has 0 aliphatic rings. The molecule has 3 aromatic rings. The van der Waals surface area contributed by atoms with Gasteiger partial charge in [-0.2, -0.15) is 0 Å². The third kappa shape index (κ3) is 7.57. The summed E-state index contributed by atoms with van der Waals surface area (Å²) in [4.78, 5) is 38.0. The number of hydrogen-bond donors (Lipinski definition) is 3. The average Bonchev–Trinajstić information content (AvgIpc) is 2.88. The molecule has 8 nitrogen and oxygen atoms in total. The fourth-order valence-electron chi connectivity index (χ4n) is 4.02. The van der Waals surface area contributed by atoms with Crippen LogP contribution in [0.15, 0.2) is 66.7 Å². The molecule has 0 spiro atoms.